The zero-order valence-corrected chi connectivity index (χ0v) is 8.09. The standard InChI is InChI=1S/C10H19N/c1-8(2)10-5-6-11(4)7-9(10)3/h7-8,10H,5-6H2,1-4H3. The molecular weight excluding hydrogens is 134 g/mol. The van der Waals surface area contributed by atoms with Gasteiger partial charge in [-0.15, -0.1) is 0 Å². The lowest BCUT2D eigenvalue weighted by Gasteiger charge is -2.30. The van der Waals surface area contributed by atoms with Crippen molar-refractivity contribution in [2.45, 2.75) is 27.2 Å². The highest BCUT2D eigenvalue weighted by atomic mass is 15.1. The quantitative estimate of drug-likeness (QED) is 0.559. The molecule has 1 aliphatic rings. The molecule has 0 saturated carbocycles. The summed E-state index contributed by atoms with van der Waals surface area (Å²) in [5.41, 5.74) is 1.55. The largest absolute Gasteiger partial charge is 0.380 e. The lowest BCUT2D eigenvalue weighted by molar-refractivity contribution is 0.312. The third-order valence-corrected chi connectivity index (χ3v) is 2.61. The molecular formula is C10H19N. The van der Waals surface area contributed by atoms with Gasteiger partial charge < -0.3 is 4.90 Å². The van der Waals surface area contributed by atoms with Crippen molar-refractivity contribution < 1.29 is 0 Å². The van der Waals surface area contributed by atoms with Crippen molar-refractivity contribution in [3.63, 3.8) is 0 Å². The monoisotopic (exact) mass is 153 g/mol. The van der Waals surface area contributed by atoms with Crippen molar-refractivity contribution in [1.82, 2.24) is 4.90 Å². The van der Waals surface area contributed by atoms with Crippen LogP contribution in [-0.4, -0.2) is 18.5 Å². The van der Waals surface area contributed by atoms with E-state index in [-0.39, 0.29) is 0 Å². The van der Waals surface area contributed by atoms with Gasteiger partial charge in [-0.1, -0.05) is 19.4 Å². The summed E-state index contributed by atoms with van der Waals surface area (Å²) < 4.78 is 0. The average molecular weight is 153 g/mol. The number of allylic oxidation sites excluding steroid dienone is 1. The average Bonchev–Trinajstić information content (AvgIpc) is 1.85. The van der Waals surface area contributed by atoms with Crippen LogP contribution in [0.2, 0.25) is 0 Å². The first-order valence-corrected chi connectivity index (χ1v) is 4.50. The SMILES string of the molecule is CC1=CN(C)CCC1C(C)C. The fourth-order valence-electron chi connectivity index (χ4n) is 1.94. The van der Waals surface area contributed by atoms with Gasteiger partial charge in [0.25, 0.3) is 0 Å². The van der Waals surface area contributed by atoms with Crippen LogP contribution in [0, 0.1) is 11.8 Å². The Morgan fingerprint density at radius 3 is 2.64 bits per heavy atom. The molecule has 1 atom stereocenters. The molecule has 1 aliphatic heterocycles. The smallest absolute Gasteiger partial charge is 0.0175 e. The summed E-state index contributed by atoms with van der Waals surface area (Å²) in [5, 5.41) is 0. The molecule has 0 N–H and O–H groups in total. The Morgan fingerprint density at radius 1 is 1.55 bits per heavy atom. The van der Waals surface area contributed by atoms with Crippen LogP contribution in [0.3, 0.4) is 0 Å². The van der Waals surface area contributed by atoms with E-state index in [0.29, 0.717) is 0 Å². The molecule has 0 amide bonds. The van der Waals surface area contributed by atoms with Gasteiger partial charge in [0.2, 0.25) is 0 Å². The fraction of sp³-hybridized carbons (Fsp3) is 0.800. The summed E-state index contributed by atoms with van der Waals surface area (Å²) in [6.07, 6.45) is 3.62. The molecule has 64 valence electrons. The third kappa shape index (κ3) is 1.98. The molecule has 0 bridgehead atoms. The maximum absolute atomic E-state index is 2.31. The van der Waals surface area contributed by atoms with Gasteiger partial charge in [-0.25, -0.2) is 0 Å². The van der Waals surface area contributed by atoms with Crippen molar-refractivity contribution in [2.24, 2.45) is 11.8 Å². The Bertz CT molecular complexity index is 158. The summed E-state index contributed by atoms with van der Waals surface area (Å²) in [5.74, 6) is 1.63. The van der Waals surface area contributed by atoms with E-state index in [9.17, 15) is 0 Å². The molecule has 0 radical (unpaired) electrons. The van der Waals surface area contributed by atoms with Crippen LogP contribution in [0.1, 0.15) is 27.2 Å². The Labute approximate surface area is 70.1 Å². The molecule has 1 rings (SSSR count). The van der Waals surface area contributed by atoms with Crippen molar-refractivity contribution in [3.05, 3.63) is 11.8 Å². The fourth-order valence-corrected chi connectivity index (χ4v) is 1.94. The minimum atomic E-state index is 0.806. The molecule has 1 heterocycles. The molecule has 0 aromatic rings. The Balaban J connectivity index is 2.64. The number of hydrogen-bond acceptors (Lipinski definition) is 1. The molecule has 0 saturated heterocycles. The molecule has 0 aliphatic carbocycles. The molecule has 1 nitrogen and oxygen atoms in total. The lowest BCUT2D eigenvalue weighted by atomic mass is 9.85. The number of hydrogen-bond donors (Lipinski definition) is 0. The van der Waals surface area contributed by atoms with Crippen LogP contribution in [0.5, 0.6) is 0 Å². The van der Waals surface area contributed by atoms with Crippen LogP contribution < -0.4 is 0 Å². The summed E-state index contributed by atoms with van der Waals surface area (Å²) in [6.45, 7) is 8.10. The van der Waals surface area contributed by atoms with Crippen molar-refractivity contribution >= 4 is 0 Å². The van der Waals surface area contributed by atoms with Gasteiger partial charge in [0.1, 0.15) is 0 Å². The molecule has 0 aromatic heterocycles. The highest BCUT2D eigenvalue weighted by molar-refractivity contribution is 5.07. The van der Waals surface area contributed by atoms with Crippen LogP contribution in [-0.2, 0) is 0 Å². The normalized spacial score (nSPS) is 25.7. The highest BCUT2D eigenvalue weighted by Gasteiger charge is 2.19. The second kappa shape index (κ2) is 3.29. The lowest BCUT2D eigenvalue weighted by Crippen LogP contribution is -2.25. The zero-order valence-electron chi connectivity index (χ0n) is 8.09. The minimum absolute atomic E-state index is 0.806. The maximum Gasteiger partial charge on any atom is 0.0175 e. The molecule has 0 aromatic carbocycles. The summed E-state index contributed by atoms with van der Waals surface area (Å²) >= 11 is 0. The summed E-state index contributed by atoms with van der Waals surface area (Å²) in [4.78, 5) is 2.29. The van der Waals surface area contributed by atoms with Gasteiger partial charge >= 0.3 is 0 Å². The zero-order chi connectivity index (χ0) is 8.43. The van der Waals surface area contributed by atoms with Gasteiger partial charge in [0.05, 0.1) is 0 Å². The van der Waals surface area contributed by atoms with Crippen LogP contribution >= 0.6 is 0 Å². The van der Waals surface area contributed by atoms with Gasteiger partial charge in [-0.2, -0.15) is 0 Å². The van der Waals surface area contributed by atoms with Gasteiger partial charge in [-0.05, 0) is 31.4 Å². The van der Waals surface area contributed by atoms with E-state index in [0.717, 1.165) is 11.8 Å². The Kier molecular flexibility index (Phi) is 2.58. The molecule has 1 unspecified atom stereocenters. The molecule has 11 heavy (non-hydrogen) atoms. The second-order valence-electron chi connectivity index (χ2n) is 3.99. The minimum Gasteiger partial charge on any atom is -0.380 e. The topological polar surface area (TPSA) is 3.24 Å². The first kappa shape index (κ1) is 8.63. The third-order valence-electron chi connectivity index (χ3n) is 2.61. The molecule has 0 spiro atoms. The predicted molar refractivity (Wildman–Crippen MR) is 49.3 cm³/mol. The van der Waals surface area contributed by atoms with E-state index >= 15 is 0 Å². The van der Waals surface area contributed by atoms with Crippen molar-refractivity contribution in [2.75, 3.05) is 13.6 Å². The second-order valence-corrected chi connectivity index (χ2v) is 3.99. The number of nitrogens with zero attached hydrogens (tertiary/aromatic N) is 1. The summed E-state index contributed by atoms with van der Waals surface area (Å²) in [7, 11) is 2.15. The van der Waals surface area contributed by atoms with Gasteiger partial charge in [-0.3, -0.25) is 0 Å². The van der Waals surface area contributed by atoms with E-state index in [2.05, 4.69) is 38.9 Å². The van der Waals surface area contributed by atoms with E-state index in [1.807, 2.05) is 0 Å². The first-order chi connectivity index (χ1) is 5.11. The van der Waals surface area contributed by atoms with Gasteiger partial charge in [0, 0.05) is 13.6 Å². The van der Waals surface area contributed by atoms with E-state index < -0.39 is 0 Å². The van der Waals surface area contributed by atoms with Crippen LogP contribution in [0.15, 0.2) is 11.8 Å². The van der Waals surface area contributed by atoms with E-state index in [1.54, 1.807) is 5.57 Å². The van der Waals surface area contributed by atoms with Gasteiger partial charge in [0.15, 0.2) is 0 Å². The highest BCUT2D eigenvalue weighted by Crippen LogP contribution is 2.27. The number of rotatable bonds is 1. The summed E-state index contributed by atoms with van der Waals surface area (Å²) in [6, 6.07) is 0. The van der Waals surface area contributed by atoms with Crippen LogP contribution in [0.25, 0.3) is 0 Å². The van der Waals surface area contributed by atoms with Crippen LogP contribution in [0.4, 0.5) is 0 Å². The Hall–Kier alpha value is -0.460. The predicted octanol–water partition coefficient (Wildman–Crippen LogP) is 2.50. The molecule has 0 fully saturated rings. The first-order valence-electron chi connectivity index (χ1n) is 4.50. The van der Waals surface area contributed by atoms with E-state index in [1.165, 1.54) is 13.0 Å². The van der Waals surface area contributed by atoms with Crippen molar-refractivity contribution in [3.8, 4) is 0 Å². The van der Waals surface area contributed by atoms with Crippen molar-refractivity contribution in [1.29, 1.82) is 0 Å². The molecule has 1 heteroatoms. The Morgan fingerprint density at radius 2 is 2.18 bits per heavy atom. The van der Waals surface area contributed by atoms with E-state index in [4.69, 9.17) is 0 Å². The maximum atomic E-state index is 2.31.